The van der Waals surface area contributed by atoms with Crippen molar-refractivity contribution in [3.05, 3.63) is 79.4 Å². The number of hydrogen-bond acceptors (Lipinski definition) is 4. The van der Waals surface area contributed by atoms with E-state index in [0.717, 1.165) is 4.47 Å². The van der Waals surface area contributed by atoms with E-state index in [-0.39, 0.29) is 17.9 Å². The number of carbonyl (C=O) groups excluding carboxylic acids is 1. The standard InChI is InChI=1S/C18H15BrN2O3S/c19-13-7-5-12(6-8-13)16(22)11-25-10-9-21-17(23)14-3-1-2-4-15(14)20-18(21)24/h1-8H,9-11H2,(H,20,24). The molecule has 3 aromatic rings. The molecule has 7 heteroatoms. The Bertz CT molecular complexity index is 1020. The van der Waals surface area contributed by atoms with Crippen molar-refractivity contribution >= 4 is 44.4 Å². The summed E-state index contributed by atoms with van der Waals surface area (Å²) >= 11 is 4.74. The van der Waals surface area contributed by atoms with E-state index in [2.05, 4.69) is 20.9 Å². The van der Waals surface area contributed by atoms with E-state index < -0.39 is 5.69 Å². The Morgan fingerprint density at radius 2 is 1.80 bits per heavy atom. The number of ketones is 1. The van der Waals surface area contributed by atoms with Crippen LogP contribution in [0.3, 0.4) is 0 Å². The van der Waals surface area contributed by atoms with Crippen molar-refractivity contribution < 1.29 is 4.79 Å². The highest BCUT2D eigenvalue weighted by Gasteiger charge is 2.09. The molecule has 25 heavy (non-hydrogen) atoms. The Morgan fingerprint density at radius 3 is 2.56 bits per heavy atom. The third kappa shape index (κ3) is 4.11. The summed E-state index contributed by atoms with van der Waals surface area (Å²) in [4.78, 5) is 39.3. The Labute approximate surface area is 156 Å². The van der Waals surface area contributed by atoms with Crippen molar-refractivity contribution in [3.8, 4) is 0 Å². The van der Waals surface area contributed by atoms with Gasteiger partial charge in [-0.15, -0.1) is 0 Å². The highest BCUT2D eigenvalue weighted by Crippen LogP contribution is 2.13. The average Bonchev–Trinajstić information content (AvgIpc) is 2.61. The van der Waals surface area contributed by atoms with Crippen LogP contribution in [0.2, 0.25) is 0 Å². The number of rotatable bonds is 6. The molecule has 0 atom stereocenters. The van der Waals surface area contributed by atoms with E-state index in [4.69, 9.17) is 0 Å². The third-order valence-electron chi connectivity index (χ3n) is 3.75. The van der Waals surface area contributed by atoms with E-state index in [9.17, 15) is 14.4 Å². The predicted octanol–water partition coefficient (Wildman–Crippen LogP) is 3.07. The molecular weight excluding hydrogens is 404 g/mol. The van der Waals surface area contributed by atoms with Crippen molar-refractivity contribution in [2.45, 2.75) is 6.54 Å². The number of halogens is 1. The van der Waals surface area contributed by atoms with Gasteiger partial charge in [-0.25, -0.2) is 4.79 Å². The number of benzene rings is 2. The molecule has 0 aliphatic carbocycles. The minimum Gasteiger partial charge on any atom is -0.307 e. The average molecular weight is 419 g/mol. The second-order valence-electron chi connectivity index (χ2n) is 5.42. The van der Waals surface area contributed by atoms with Gasteiger partial charge in [0.15, 0.2) is 5.78 Å². The van der Waals surface area contributed by atoms with Gasteiger partial charge >= 0.3 is 5.69 Å². The van der Waals surface area contributed by atoms with Gasteiger partial charge in [0.05, 0.1) is 16.7 Å². The monoisotopic (exact) mass is 418 g/mol. The number of para-hydroxylation sites is 1. The Balaban J connectivity index is 1.63. The number of carbonyl (C=O) groups is 1. The van der Waals surface area contributed by atoms with Gasteiger partial charge in [0.25, 0.3) is 5.56 Å². The molecule has 0 unspecified atom stereocenters. The minimum absolute atomic E-state index is 0.0252. The number of thioether (sulfide) groups is 1. The first-order chi connectivity index (χ1) is 12.1. The number of hydrogen-bond donors (Lipinski definition) is 1. The normalized spacial score (nSPS) is 10.9. The van der Waals surface area contributed by atoms with E-state index in [1.807, 2.05) is 12.1 Å². The maximum Gasteiger partial charge on any atom is 0.328 e. The van der Waals surface area contributed by atoms with Crippen LogP contribution in [0.5, 0.6) is 0 Å². The van der Waals surface area contributed by atoms with Crippen LogP contribution in [0.1, 0.15) is 10.4 Å². The molecule has 1 aromatic heterocycles. The molecule has 1 heterocycles. The Morgan fingerprint density at radius 1 is 1.08 bits per heavy atom. The molecule has 0 saturated heterocycles. The first-order valence-corrected chi connectivity index (χ1v) is 9.59. The van der Waals surface area contributed by atoms with Crippen molar-refractivity contribution in [1.29, 1.82) is 0 Å². The highest BCUT2D eigenvalue weighted by molar-refractivity contribution is 9.10. The van der Waals surface area contributed by atoms with Gasteiger partial charge in [-0.1, -0.05) is 40.2 Å². The molecule has 0 bridgehead atoms. The summed E-state index contributed by atoms with van der Waals surface area (Å²) < 4.78 is 2.10. The van der Waals surface area contributed by atoms with Crippen LogP contribution in [0, 0.1) is 0 Å². The SMILES string of the molecule is O=C(CSCCn1c(=O)[nH]c2ccccc2c1=O)c1ccc(Br)cc1. The van der Waals surface area contributed by atoms with Gasteiger partial charge in [-0.05, 0) is 24.3 Å². The number of fused-ring (bicyclic) bond motifs is 1. The van der Waals surface area contributed by atoms with E-state index >= 15 is 0 Å². The van der Waals surface area contributed by atoms with Crippen LogP contribution < -0.4 is 11.2 Å². The van der Waals surface area contributed by atoms with Crippen molar-refractivity contribution in [1.82, 2.24) is 9.55 Å². The molecule has 3 rings (SSSR count). The van der Waals surface area contributed by atoms with Crippen molar-refractivity contribution in [2.24, 2.45) is 0 Å². The van der Waals surface area contributed by atoms with Crippen LogP contribution in [-0.4, -0.2) is 26.8 Å². The second kappa shape index (κ2) is 7.84. The zero-order chi connectivity index (χ0) is 17.8. The fraction of sp³-hybridized carbons (Fsp3) is 0.167. The Kier molecular flexibility index (Phi) is 5.55. The number of aromatic amines is 1. The summed E-state index contributed by atoms with van der Waals surface area (Å²) in [6.45, 7) is 0.261. The molecule has 0 saturated carbocycles. The number of nitrogens with zero attached hydrogens (tertiary/aromatic N) is 1. The van der Waals surface area contributed by atoms with E-state index in [1.165, 1.54) is 16.3 Å². The molecule has 5 nitrogen and oxygen atoms in total. The molecule has 0 radical (unpaired) electrons. The summed E-state index contributed by atoms with van der Waals surface area (Å²) in [6, 6.07) is 14.1. The topological polar surface area (TPSA) is 71.9 Å². The predicted molar refractivity (Wildman–Crippen MR) is 105 cm³/mol. The first-order valence-electron chi connectivity index (χ1n) is 7.64. The summed E-state index contributed by atoms with van der Waals surface area (Å²) in [5.41, 5.74) is 0.450. The maximum absolute atomic E-state index is 12.4. The van der Waals surface area contributed by atoms with Crippen molar-refractivity contribution in [2.75, 3.05) is 11.5 Å². The Hall–Kier alpha value is -2.12. The first kappa shape index (κ1) is 17.7. The third-order valence-corrected chi connectivity index (χ3v) is 5.21. The number of aromatic nitrogens is 2. The molecule has 0 fully saturated rings. The van der Waals surface area contributed by atoms with Gasteiger partial charge in [-0.3, -0.25) is 14.2 Å². The largest absolute Gasteiger partial charge is 0.328 e. The molecule has 0 aliphatic rings. The van der Waals surface area contributed by atoms with Gasteiger partial charge in [0.1, 0.15) is 0 Å². The van der Waals surface area contributed by atoms with Crippen LogP contribution in [-0.2, 0) is 6.54 Å². The molecule has 2 aromatic carbocycles. The van der Waals surface area contributed by atoms with Gasteiger partial charge in [-0.2, -0.15) is 11.8 Å². The number of H-pyrrole nitrogens is 1. The summed E-state index contributed by atoms with van der Waals surface area (Å²) in [6.07, 6.45) is 0. The van der Waals surface area contributed by atoms with Gasteiger partial charge in [0, 0.05) is 22.3 Å². The second-order valence-corrected chi connectivity index (χ2v) is 7.44. The lowest BCUT2D eigenvalue weighted by Crippen LogP contribution is -2.35. The lowest BCUT2D eigenvalue weighted by atomic mass is 10.2. The van der Waals surface area contributed by atoms with Crippen molar-refractivity contribution in [3.63, 3.8) is 0 Å². The fourth-order valence-electron chi connectivity index (χ4n) is 2.44. The zero-order valence-corrected chi connectivity index (χ0v) is 15.6. The smallest absolute Gasteiger partial charge is 0.307 e. The van der Waals surface area contributed by atoms with E-state index in [0.29, 0.717) is 28.0 Å². The van der Waals surface area contributed by atoms with Gasteiger partial charge < -0.3 is 4.98 Å². The zero-order valence-electron chi connectivity index (χ0n) is 13.2. The highest BCUT2D eigenvalue weighted by atomic mass is 79.9. The molecule has 0 aliphatic heterocycles. The molecular formula is C18H15BrN2O3S. The fourth-order valence-corrected chi connectivity index (χ4v) is 3.51. The van der Waals surface area contributed by atoms with Crippen LogP contribution in [0.25, 0.3) is 10.9 Å². The minimum atomic E-state index is -0.427. The maximum atomic E-state index is 12.4. The molecule has 1 N–H and O–H groups in total. The summed E-state index contributed by atoms with van der Waals surface area (Å²) in [5, 5.41) is 0.484. The molecule has 128 valence electrons. The summed E-state index contributed by atoms with van der Waals surface area (Å²) in [5.74, 6) is 0.836. The van der Waals surface area contributed by atoms with Crippen LogP contribution >= 0.6 is 27.7 Å². The lowest BCUT2D eigenvalue weighted by molar-refractivity contribution is 0.102. The quantitative estimate of drug-likeness (QED) is 0.493. The van der Waals surface area contributed by atoms with Crippen LogP contribution in [0.15, 0.2) is 62.6 Å². The number of Topliss-reactive ketones (excluding diaryl/α,β-unsaturated/α-hetero) is 1. The van der Waals surface area contributed by atoms with Crippen LogP contribution in [0.4, 0.5) is 0 Å². The molecule has 0 spiro atoms. The van der Waals surface area contributed by atoms with E-state index in [1.54, 1.807) is 36.4 Å². The lowest BCUT2D eigenvalue weighted by Gasteiger charge is -2.06. The summed E-state index contributed by atoms with van der Waals surface area (Å²) in [7, 11) is 0. The molecule has 0 amide bonds. The van der Waals surface area contributed by atoms with Gasteiger partial charge in [0.2, 0.25) is 0 Å². The number of nitrogens with one attached hydrogen (secondary N) is 1.